The molecule has 0 unspecified atom stereocenters. The summed E-state index contributed by atoms with van der Waals surface area (Å²) in [4.78, 5) is 11.2. The van der Waals surface area contributed by atoms with E-state index < -0.39 is 0 Å². The molecule has 1 aromatic carbocycles. The molecule has 0 saturated carbocycles. The molecule has 0 bridgehead atoms. The van der Waals surface area contributed by atoms with Crippen LogP contribution in [0, 0.1) is 0 Å². The van der Waals surface area contributed by atoms with Gasteiger partial charge in [0.2, 0.25) is 5.91 Å². The molecule has 1 rings (SSSR count). The van der Waals surface area contributed by atoms with Gasteiger partial charge >= 0.3 is 0 Å². The van der Waals surface area contributed by atoms with Gasteiger partial charge in [0.15, 0.2) is 0 Å². The molecule has 0 radical (unpaired) electrons. The Morgan fingerprint density at radius 2 is 1.57 bits per heavy atom. The Kier molecular flexibility index (Phi) is 9.26. The number of anilines is 1. The van der Waals surface area contributed by atoms with E-state index in [9.17, 15) is 4.79 Å². The zero-order valence-corrected chi connectivity index (χ0v) is 13.4. The maximum atomic E-state index is 11.2. The smallest absolute Gasteiger partial charge is 0.247 e. The lowest BCUT2D eigenvalue weighted by Gasteiger charge is -2.05. The molecule has 0 aliphatic carbocycles. The predicted molar refractivity (Wildman–Crippen MR) is 91.6 cm³/mol. The topological polar surface area (TPSA) is 29.1 Å². The molecular formula is C19H29NO. The van der Waals surface area contributed by atoms with Crippen molar-refractivity contribution in [3.63, 3.8) is 0 Å². The van der Waals surface area contributed by atoms with Crippen LogP contribution < -0.4 is 5.32 Å². The number of aryl methyl sites for hydroxylation is 1. The summed E-state index contributed by atoms with van der Waals surface area (Å²) in [5, 5.41) is 2.76. The number of benzene rings is 1. The number of amides is 1. The van der Waals surface area contributed by atoms with Gasteiger partial charge in [-0.15, -0.1) is 0 Å². The van der Waals surface area contributed by atoms with Crippen LogP contribution in [-0.2, 0) is 11.2 Å². The van der Waals surface area contributed by atoms with Crippen molar-refractivity contribution in [2.75, 3.05) is 5.32 Å². The van der Waals surface area contributed by atoms with E-state index in [0.717, 1.165) is 12.1 Å². The third-order valence-corrected chi connectivity index (χ3v) is 3.73. The normalized spacial score (nSPS) is 10.3. The van der Waals surface area contributed by atoms with Crippen LogP contribution >= 0.6 is 0 Å². The van der Waals surface area contributed by atoms with Crippen molar-refractivity contribution in [3.8, 4) is 0 Å². The highest BCUT2D eigenvalue weighted by Gasteiger charge is 1.98. The van der Waals surface area contributed by atoms with Gasteiger partial charge in [0.1, 0.15) is 0 Å². The molecular weight excluding hydrogens is 258 g/mol. The van der Waals surface area contributed by atoms with Crippen molar-refractivity contribution in [2.45, 2.75) is 64.7 Å². The molecule has 0 aliphatic rings. The average Bonchev–Trinajstić information content (AvgIpc) is 2.51. The molecule has 1 N–H and O–H groups in total. The van der Waals surface area contributed by atoms with Crippen LogP contribution in [0.3, 0.4) is 0 Å². The number of carbonyl (C=O) groups excluding carboxylic acids is 1. The lowest BCUT2D eigenvalue weighted by Crippen LogP contribution is -2.06. The van der Waals surface area contributed by atoms with Crippen LogP contribution in [0.4, 0.5) is 5.69 Å². The van der Waals surface area contributed by atoms with Gasteiger partial charge < -0.3 is 5.32 Å². The van der Waals surface area contributed by atoms with Crippen LogP contribution in [-0.4, -0.2) is 5.91 Å². The lowest BCUT2D eigenvalue weighted by molar-refractivity contribution is -0.111. The van der Waals surface area contributed by atoms with Crippen molar-refractivity contribution in [3.05, 3.63) is 42.5 Å². The highest BCUT2D eigenvalue weighted by atomic mass is 16.1. The van der Waals surface area contributed by atoms with E-state index in [1.165, 1.54) is 63.0 Å². The van der Waals surface area contributed by atoms with E-state index in [-0.39, 0.29) is 5.91 Å². The van der Waals surface area contributed by atoms with Crippen LogP contribution in [0.25, 0.3) is 0 Å². The summed E-state index contributed by atoms with van der Waals surface area (Å²) in [6.45, 7) is 5.70. The summed E-state index contributed by atoms with van der Waals surface area (Å²) in [6.07, 6.45) is 13.2. The fourth-order valence-electron chi connectivity index (χ4n) is 2.41. The molecule has 2 nitrogen and oxygen atoms in total. The van der Waals surface area contributed by atoms with Crippen molar-refractivity contribution >= 4 is 11.6 Å². The summed E-state index contributed by atoms with van der Waals surface area (Å²) in [6, 6.07) is 8.11. The quantitative estimate of drug-likeness (QED) is 0.423. The first-order chi connectivity index (χ1) is 10.3. The Labute approximate surface area is 129 Å². The van der Waals surface area contributed by atoms with E-state index in [1.54, 1.807) is 0 Å². The Bertz CT molecular complexity index is 408. The number of hydrogen-bond acceptors (Lipinski definition) is 1. The van der Waals surface area contributed by atoms with Crippen LogP contribution in [0.5, 0.6) is 0 Å². The summed E-state index contributed by atoms with van der Waals surface area (Å²) in [7, 11) is 0. The molecule has 0 heterocycles. The monoisotopic (exact) mass is 287 g/mol. The van der Waals surface area contributed by atoms with Crippen molar-refractivity contribution < 1.29 is 4.79 Å². The summed E-state index contributed by atoms with van der Waals surface area (Å²) >= 11 is 0. The van der Waals surface area contributed by atoms with Crippen molar-refractivity contribution in [1.29, 1.82) is 0 Å². The first-order valence-corrected chi connectivity index (χ1v) is 8.28. The van der Waals surface area contributed by atoms with Gasteiger partial charge in [-0.05, 0) is 36.6 Å². The zero-order chi connectivity index (χ0) is 15.3. The largest absolute Gasteiger partial charge is 0.323 e. The van der Waals surface area contributed by atoms with Crippen LogP contribution in [0.2, 0.25) is 0 Å². The van der Waals surface area contributed by atoms with Gasteiger partial charge in [-0.1, -0.05) is 70.6 Å². The molecule has 0 saturated heterocycles. The Hall–Kier alpha value is -1.57. The number of unbranched alkanes of at least 4 members (excludes halogenated alkanes) is 7. The molecule has 1 amide bonds. The van der Waals surface area contributed by atoms with Gasteiger partial charge in [-0.3, -0.25) is 4.79 Å². The van der Waals surface area contributed by atoms with Gasteiger partial charge in [-0.2, -0.15) is 0 Å². The summed E-state index contributed by atoms with van der Waals surface area (Å²) in [5.41, 5.74) is 2.18. The number of carbonyl (C=O) groups is 1. The Morgan fingerprint density at radius 1 is 1.00 bits per heavy atom. The third kappa shape index (κ3) is 8.34. The molecule has 0 atom stereocenters. The van der Waals surface area contributed by atoms with Gasteiger partial charge in [0.05, 0.1) is 0 Å². The molecule has 116 valence electrons. The van der Waals surface area contributed by atoms with Gasteiger partial charge in [0.25, 0.3) is 0 Å². The van der Waals surface area contributed by atoms with Gasteiger partial charge in [0, 0.05) is 5.69 Å². The molecule has 0 aromatic heterocycles. The molecule has 0 spiro atoms. The lowest BCUT2D eigenvalue weighted by atomic mass is 10.0. The van der Waals surface area contributed by atoms with Gasteiger partial charge in [-0.25, -0.2) is 0 Å². The molecule has 21 heavy (non-hydrogen) atoms. The average molecular weight is 287 g/mol. The first-order valence-electron chi connectivity index (χ1n) is 8.28. The second kappa shape index (κ2) is 11.1. The minimum Gasteiger partial charge on any atom is -0.323 e. The second-order valence-electron chi connectivity index (χ2n) is 5.62. The summed E-state index contributed by atoms with van der Waals surface area (Å²) in [5.74, 6) is -0.161. The fourth-order valence-corrected chi connectivity index (χ4v) is 2.41. The molecule has 0 aliphatic heterocycles. The number of nitrogens with one attached hydrogen (secondary N) is 1. The minimum absolute atomic E-state index is 0.161. The van der Waals surface area contributed by atoms with E-state index in [0.29, 0.717) is 0 Å². The van der Waals surface area contributed by atoms with Crippen LogP contribution in [0.15, 0.2) is 36.9 Å². The minimum atomic E-state index is -0.161. The van der Waals surface area contributed by atoms with E-state index >= 15 is 0 Å². The molecule has 2 heteroatoms. The fraction of sp³-hybridized carbons (Fsp3) is 0.526. The molecule has 1 aromatic rings. The highest BCUT2D eigenvalue weighted by molar-refractivity contribution is 5.98. The maximum Gasteiger partial charge on any atom is 0.247 e. The van der Waals surface area contributed by atoms with Crippen LogP contribution in [0.1, 0.15) is 63.9 Å². The standard InChI is InChI=1S/C19H29NO/c1-3-5-6-7-8-9-10-11-12-17-13-15-18(16-14-17)20-19(21)4-2/h4,13-16H,2-3,5-12H2,1H3,(H,20,21). The Morgan fingerprint density at radius 3 is 2.14 bits per heavy atom. The first kappa shape index (κ1) is 17.5. The SMILES string of the molecule is C=CC(=O)Nc1ccc(CCCCCCCCCC)cc1. The third-order valence-electron chi connectivity index (χ3n) is 3.73. The molecule has 0 fully saturated rings. The number of hydrogen-bond donors (Lipinski definition) is 1. The highest BCUT2D eigenvalue weighted by Crippen LogP contribution is 2.14. The number of rotatable bonds is 11. The van der Waals surface area contributed by atoms with Crippen molar-refractivity contribution in [1.82, 2.24) is 0 Å². The second-order valence-corrected chi connectivity index (χ2v) is 5.62. The van der Waals surface area contributed by atoms with E-state index in [4.69, 9.17) is 0 Å². The maximum absolute atomic E-state index is 11.2. The predicted octanol–water partition coefficient (Wildman–Crippen LogP) is 5.49. The van der Waals surface area contributed by atoms with E-state index in [2.05, 4.69) is 31.0 Å². The Balaban J connectivity index is 2.12. The van der Waals surface area contributed by atoms with E-state index in [1.807, 2.05) is 12.1 Å². The summed E-state index contributed by atoms with van der Waals surface area (Å²) < 4.78 is 0. The zero-order valence-electron chi connectivity index (χ0n) is 13.4. The van der Waals surface area contributed by atoms with Crippen molar-refractivity contribution in [2.24, 2.45) is 0 Å².